The SMILES string of the molecule is C[C@H]1c2ccsc2CCN1C(=S)NC(=O)c1ccccc1Cl. The summed E-state index contributed by atoms with van der Waals surface area (Å²) in [5.74, 6) is -0.265. The van der Waals surface area contributed by atoms with Gasteiger partial charge < -0.3 is 4.90 Å². The summed E-state index contributed by atoms with van der Waals surface area (Å²) in [6.45, 7) is 2.93. The van der Waals surface area contributed by atoms with Gasteiger partial charge in [0.05, 0.1) is 16.6 Å². The smallest absolute Gasteiger partial charge is 0.258 e. The van der Waals surface area contributed by atoms with Crippen LogP contribution in [0.2, 0.25) is 5.02 Å². The van der Waals surface area contributed by atoms with E-state index in [9.17, 15) is 4.79 Å². The molecule has 0 aliphatic carbocycles. The van der Waals surface area contributed by atoms with Crippen LogP contribution in [0, 0.1) is 0 Å². The van der Waals surface area contributed by atoms with Crippen molar-refractivity contribution in [1.82, 2.24) is 10.2 Å². The van der Waals surface area contributed by atoms with Crippen molar-refractivity contribution < 1.29 is 4.79 Å². The third-order valence-electron chi connectivity index (χ3n) is 3.88. The molecule has 0 radical (unpaired) electrons. The van der Waals surface area contributed by atoms with Crippen LogP contribution in [0.4, 0.5) is 0 Å². The van der Waals surface area contributed by atoms with E-state index in [4.69, 9.17) is 23.8 Å². The molecule has 0 saturated heterocycles. The first-order valence-electron chi connectivity index (χ1n) is 7.00. The molecule has 1 aromatic heterocycles. The van der Waals surface area contributed by atoms with Gasteiger partial charge in [0, 0.05) is 11.4 Å². The van der Waals surface area contributed by atoms with E-state index in [0.717, 1.165) is 13.0 Å². The van der Waals surface area contributed by atoms with E-state index in [1.807, 2.05) is 0 Å². The summed E-state index contributed by atoms with van der Waals surface area (Å²) < 4.78 is 0. The van der Waals surface area contributed by atoms with Gasteiger partial charge >= 0.3 is 0 Å². The molecular formula is C16H15ClN2OS2. The van der Waals surface area contributed by atoms with Gasteiger partial charge in [0.1, 0.15) is 0 Å². The zero-order chi connectivity index (χ0) is 15.7. The van der Waals surface area contributed by atoms with Crippen LogP contribution in [-0.4, -0.2) is 22.5 Å². The maximum absolute atomic E-state index is 12.3. The monoisotopic (exact) mass is 350 g/mol. The quantitative estimate of drug-likeness (QED) is 0.788. The predicted molar refractivity (Wildman–Crippen MR) is 94.7 cm³/mol. The normalized spacial score (nSPS) is 17.0. The summed E-state index contributed by atoms with van der Waals surface area (Å²) in [6, 6.07) is 9.27. The van der Waals surface area contributed by atoms with Crippen LogP contribution in [0.15, 0.2) is 35.7 Å². The number of amides is 1. The molecule has 1 aliphatic rings. The molecule has 3 rings (SSSR count). The molecule has 1 N–H and O–H groups in total. The van der Waals surface area contributed by atoms with Crippen LogP contribution in [0.1, 0.15) is 33.8 Å². The molecule has 2 heterocycles. The van der Waals surface area contributed by atoms with E-state index in [1.165, 1.54) is 10.4 Å². The Labute approximate surface area is 143 Å². The fraction of sp³-hybridized carbons (Fsp3) is 0.250. The number of benzene rings is 1. The average molecular weight is 351 g/mol. The number of fused-ring (bicyclic) bond motifs is 1. The molecule has 1 atom stereocenters. The minimum atomic E-state index is -0.265. The fourth-order valence-electron chi connectivity index (χ4n) is 2.67. The van der Waals surface area contributed by atoms with Crippen molar-refractivity contribution in [3.8, 4) is 0 Å². The highest BCUT2D eigenvalue weighted by Crippen LogP contribution is 2.32. The minimum Gasteiger partial charge on any atom is -0.342 e. The number of carbonyl (C=O) groups is 1. The Balaban J connectivity index is 1.73. The zero-order valence-electron chi connectivity index (χ0n) is 12.0. The highest BCUT2D eigenvalue weighted by molar-refractivity contribution is 7.80. The standard InChI is InChI=1S/C16H15ClN2OS2/c1-10-11-7-9-22-14(11)6-8-19(10)16(21)18-15(20)12-4-2-3-5-13(12)17/h2-5,7,9-10H,6,8H2,1H3,(H,18,20,21)/t10-/m0/s1. The summed E-state index contributed by atoms with van der Waals surface area (Å²) in [4.78, 5) is 15.8. The molecule has 0 spiro atoms. The van der Waals surface area contributed by atoms with Crippen LogP contribution >= 0.6 is 35.2 Å². The second kappa shape index (κ2) is 6.36. The minimum absolute atomic E-state index is 0.175. The number of rotatable bonds is 1. The number of thiocarbonyl (C=S) groups is 1. The molecule has 6 heteroatoms. The first kappa shape index (κ1) is 15.5. The van der Waals surface area contributed by atoms with Crippen molar-refractivity contribution in [2.75, 3.05) is 6.54 Å². The van der Waals surface area contributed by atoms with E-state index in [-0.39, 0.29) is 11.9 Å². The Kier molecular flexibility index (Phi) is 4.47. The van der Waals surface area contributed by atoms with Gasteiger partial charge in [-0.25, -0.2) is 0 Å². The summed E-state index contributed by atoms with van der Waals surface area (Å²) in [7, 11) is 0. The zero-order valence-corrected chi connectivity index (χ0v) is 14.4. The summed E-state index contributed by atoms with van der Waals surface area (Å²) >= 11 is 13.3. The molecule has 1 amide bonds. The van der Waals surface area contributed by atoms with Crippen LogP contribution in [0.25, 0.3) is 0 Å². The van der Waals surface area contributed by atoms with Crippen molar-refractivity contribution >= 4 is 46.2 Å². The van der Waals surface area contributed by atoms with E-state index in [1.54, 1.807) is 35.6 Å². The van der Waals surface area contributed by atoms with Crippen LogP contribution < -0.4 is 5.32 Å². The molecule has 114 valence electrons. The van der Waals surface area contributed by atoms with Gasteiger partial charge in [-0.2, -0.15) is 0 Å². The summed E-state index contributed by atoms with van der Waals surface area (Å²) in [5.41, 5.74) is 1.73. The lowest BCUT2D eigenvalue weighted by Crippen LogP contribution is -2.46. The molecule has 2 aromatic rings. The molecule has 0 unspecified atom stereocenters. The second-order valence-corrected chi connectivity index (χ2v) is 6.95. The Morgan fingerprint density at radius 1 is 1.41 bits per heavy atom. The Hall–Kier alpha value is -1.43. The van der Waals surface area contributed by atoms with Crippen molar-refractivity contribution in [3.05, 3.63) is 56.7 Å². The topological polar surface area (TPSA) is 32.3 Å². The Morgan fingerprint density at radius 2 is 2.18 bits per heavy atom. The lowest BCUT2D eigenvalue weighted by molar-refractivity contribution is 0.0971. The van der Waals surface area contributed by atoms with Gasteiger partial charge in [-0.1, -0.05) is 23.7 Å². The lowest BCUT2D eigenvalue weighted by atomic mass is 10.0. The molecule has 0 fully saturated rings. The lowest BCUT2D eigenvalue weighted by Gasteiger charge is -2.35. The van der Waals surface area contributed by atoms with Crippen LogP contribution in [0.5, 0.6) is 0 Å². The third kappa shape index (κ3) is 2.89. The number of hydrogen-bond acceptors (Lipinski definition) is 3. The molecule has 3 nitrogen and oxygen atoms in total. The first-order chi connectivity index (χ1) is 10.6. The number of thiophene rings is 1. The third-order valence-corrected chi connectivity index (χ3v) is 5.54. The van der Waals surface area contributed by atoms with Gasteiger partial charge in [-0.05, 0) is 54.7 Å². The van der Waals surface area contributed by atoms with Gasteiger partial charge in [0.15, 0.2) is 5.11 Å². The van der Waals surface area contributed by atoms with E-state index < -0.39 is 0 Å². The van der Waals surface area contributed by atoms with Crippen molar-refractivity contribution in [1.29, 1.82) is 0 Å². The van der Waals surface area contributed by atoms with Crippen molar-refractivity contribution in [2.24, 2.45) is 0 Å². The number of halogens is 1. The molecule has 1 aliphatic heterocycles. The predicted octanol–water partition coefficient (Wildman–Crippen LogP) is 4.04. The van der Waals surface area contributed by atoms with Crippen LogP contribution in [-0.2, 0) is 6.42 Å². The second-order valence-electron chi connectivity index (χ2n) is 5.16. The molecular weight excluding hydrogens is 336 g/mol. The summed E-state index contributed by atoms with van der Waals surface area (Å²) in [6.07, 6.45) is 0.958. The first-order valence-corrected chi connectivity index (χ1v) is 8.67. The van der Waals surface area contributed by atoms with E-state index in [2.05, 4.69) is 28.6 Å². The highest BCUT2D eigenvalue weighted by atomic mass is 35.5. The largest absolute Gasteiger partial charge is 0.342 e. The van der Waals surface area contributed by atoms with E-state index >= 15 is 0 Å². The van der Waals surface area contributed by atoms with E-state index in [0.29, 0.717) is 15.7 Å². The van der Waals surface area contributed by atoms with Crippen molar-refractivity contribution in [3.63, 3.8) is 0 Å². The molecule has 0 saturated carbocycles. The summed E-state index contributed by atoms with van der Waals surface area (Å²) in [5, 5.41) is 5.78. The highest BCUT2D eigenvalue weighted by Gasteiger charge is 2.27. The Morgan fingerprint density at radius 3 is 2.95 bits per heavy atom. The Bertz CT molecular complexity index is 728. The van der Waals surface area contributed by atoms with Crippen molar-refractivity contribution in [2.45, 2.75) is 19.4 Å². The molecule has 1 aromatic carbocycles. The van der Waals surface area contributed by atoms with Crippen LogP contribution in [0.3, 0.4) is 0 Å². The number of hydrogen-bond donors (Lipinski definition) is 1. The number of carbonyl (C=O) groups excluding carboxylic acids is 1. The fourth-order valence-corrected chi connectivity index (χ4v) is 4.19. The average Bonchev–Trinajstić information content (AvgIpc) is 2.97. The van der Waals surface area contributed by atoms with Gasteiger partial charge in [-0.15, -0.1) is 11.3 Å². The number of nitrogens with one attached hydrogen (secondary N) is 1. The maximum Gasteiger partial charge on any atom is 0.258 e. The van der Waals surface area contributed by atoms with Gasteiger partial charge in [0.2, 0.25) is 0 Å². The maximum atomic E-state index is 12.3. The number of nitrogens with zero attached hydrogens (tertiary/aromatic N) is 1. The van der Waals surface area contributed by atoms with Gasteiger partial charge in [-0.3, -0.25) is 10.1 Å². The molecule has 22 heavy (non-hydrogen) atoms. The molecule has 0 bridgehead atoms. The van der Waals surface area contributed by atoms with Gasteiger partial charge in [0.25, 0.3) is 5.91 Å².